The zero-order chi connectivity index (χ0) is 16.8. The van der Waals surface area contributed by atoms with E-state index in [-0.39, 0.29) is 29.8 Å². The highest BCUT2D eigenvalue weighted by atomic mass is 16.5. The van der Waals surface area contributed by atoms with Gasteiger partial charge in [0.1, 0.15) is 0 Å². The highest BCUT2D eigenvalue weighted by Gasteiger charge is 2.34. The molecule has 2 heterocycles. The summed E-state index contributed by atoms with van der Waals surface area (Å²) in [5.41, 5.74) is 0. The summed E-state index contributed by atoms with van der Waals surface area (Å²) in [6, 6.07) is 0. The Labute approximate surface area is 136 Å². The van der Waals surface area contributed by atoms with Crippen LogP contribution in [-0.2, 0) is 19.1 Å². The Morgan fingerprint density at radius 1 is 1.00 bits per heavy atom. The molecule has 7 heteroatoms. The van der Waals surface area contributed by atoms with Crippen LogP contribution in [0.4, 0.5) is 4.79 Å². The molecule has 23 heavy (non-hydrogen) atoms. The first-order valence-corrected chi connectivity index (χ1v) is 8.35. The second-order valence-electron chi connectivity index (χ2n) is 6.11. The standard InChI is InChI=1S/C16H26N2O5/c1-3-23-15(20)13-5-4-8-18(11-13)14(19)12-6-9-17(10-7-12)16(21)22-2/h12-13H,3-11H2,1-2H3. The van der Waals surface area contributed by atoms with Gasteiger partial charge in [0.25, 0.3) is 0 Å². The van der Waals surface area contributed by atoms with E-state index in [9.17, 15) is 14.4 Å². The molecule has 2 aliphatic rings. The van der Waals surface area contributed by atoms with Gasteiger partial charge in [-0.25, -0.2) is 4.79 Å². The monoisotopic (exact) mass is 326 g/mol. The summed E-state index contributed by atoms with van der Waals surface area (Å²) in [4.78, 5) is 39.4. The van der Waals surface area contributed by atoms with Crippen molar-refractivity contribution in [1.29, 1.82) is 0 Å². The molecule has 0 bridgehead atoms. The van der Waals surface area contributed by atoms with Crippen molar-refractivity contribution < 1.29 is 23.9 Å². The molecule has 0 saturated carbocycles. The lowest BCUT2D eigenvalue weighted by atomic mass is 9.92. The summed E-state index contributed by atoms with van der Waals surface area (Å²) in [5, 5.41) is 0. The lowest BCUT2D eigenvalue weighted by Gasteiger charge is -2.36. The molecule has 2 amide bonds. The van der Waals surface area contributed by atoms with E-state index in [0.717, 1.165) is 12.8 Å². The van der Waals surface area contributed by atoms with Gasteiger partial charge in [-0.3, -0.25) is 9.59 Å². The predicted octanol–water partition coefficient (Wildman–Crippen LogP) is 1.27. The fourth-order valence-electron chi connectivity index (χ4n) is 3.33. The van der Waals surface area contributed by atoms with E-state index in [1.807, 2.05) is 0 Å². The summed E-state index contributed by atoms with van der Waals surface area (Å²) in [6.07, 6.45) is 2.57. The van der Waals surface area contributed by atoms with Gasteiger partial charge in [-0.1, -0.05) is 0 Å². The summed E-state index contributed by atoms with van der Waals surface area (Å²) in [7, 11) is 1.36. The van der Waals surface area contributed by atoms with Gasteiger partial charge in [0.15, 0.2) is 0 Å². The Hall–Kier alpha value is -1.79. The maximum Gasteiger partial charge on any atom is 0.409 e. The summed E-state index contributed by atoms with van der Waals surface area (Å²) in [6.45, 7) is 4.39. The maximum atomic E-state index is 12.7. The van der Waals surface area contributed by atoms with Crippen molar-refractivity contribution in [1.82, 2.24) is 9.80 Å². The Morgan fingerprint density at radius 2 is 1.70 bits per heavy atom. The number of carbonyl (C=O) groups is 3. The van der Waals surface area contributed by atoms with Gasteiger partial charge in [-0.2, -0.15) is 0 Å². The first-order chi connectivity index (χ1) is 11.1. The van der Waals surface area contributed by atoms with Crippen LogP contribution in [0.2, 0.25) is 0 Å². The normalized spacial score (nSPS) is 22.6. The van der Waals surface area contributed by atoms with Gasteiger partial charge in [0.2, 0.25) is 5.91 Å². The van der Waals surface area contributed by atoms with Gasteiger partial charge in [-0.05, 0) is 32.6 Å². The fraction of sp³-hybridized carbons (Fsp3) is 0.812. The van der Waals surface area contributed by atoms with Gasteiger partial charge in [0, 0.05) is 32.1 Å². The number of esters is 1. The number of methoxy groups -OCH3 is 1. The smallest absolute Gasteiger partial charge is 0.409 e. The summed E-state index contributed by atoms with van der Waals surface area (Å²) in [5.74, 6) is -0.381. The van der Waals surface area contributed by atoms with Crippen molar-refractivity contribution in [3.63, 3.8) is 0 Å². The molecule has 0 spiro atoms. The second kappa shape index (κ2) is 8.17. The third-order valence-corrected chi connectivity index (χ3v) is 4.63. The SMILES string of the molecule is CCOC(=O)C1CCCN(C(=O)C2CCN(C(=O)OC)CC2)C1. The molecule has 0 aromatic carbocycles. The van der Waals surface area contributed by atoms with Gasteiger partial charge in [-0.15, -0.1) is 0 Å². The molecule has 1 atom stereocenters. The molecule has 2 saturated heterocycles. The molecule has 7 nitrogen and oxygen atoms in total. The van der Waals surface area contributed by atoms with Crippen molar-refractivity contribution in [3.8, 4) is 0 Å². The van der Waals surface area contributed by atoms with Crippen LogP contribution in [0, 0.1) is 11.8 Å². The maximum absolute atomic E-state index is 12.7. The van der Waals surface area contributed by atoms with E-state index in [0.29, 0.717) is 45.6 Å². The molecule has 0 aromatic heterocycles. The molecule has 2 rings (SSSR count). The van der Waals surface area contributed by atoms with Crippen LogP contribution in [0.5, 0.6) is 0 Å². The molecule has 0 aliphatic carbocycles. The minimum Gasteiger partial charge on any atom is -0.466 e. The summed E-state index contributed by atoms with van der Waals surface area (Å²) < 4.78 is 9.78. The average Bonchev–Trinajstić information content (AvgIpc) is 2.61. The first kappa shape index (κ1) is 17.6. The Bertz CT molecular complexity index is 446. The minimum absolute atomic E-state index is 0.0724. The zero-order valence-corrected chi connectivity index (χ0v) is 14.0. The predicted molar refractivity (Wildman–Crippen MR) is 82.6 cm³/mol. The van der Waals surface area contributed by atoms with E-state index in [1.165, 1.54) is 7.11 Å². The molecule has 2 fully saturated rings. The van der Waals surface area contributed by atoms with Crippen LogP contribution >= 0.6 is 0 Å². The van der Waals surface area contributed by atoms with Crippen molar-refractivity contribution in [2.24, 2.45) is 11.8 Å². The van der Waals surface area contributed by atoms with E-state index >= 15 is 0 Å². The third-order valence-electron chi connectivity index (χ3n) is 4.63. The van der Waals surface area contributed by atoms with Crippen LogP contribution in [0.25, 0.3) is 0 Å². The molecular weight excluding hydrogens is 300 g/mol. The molecule has 1 unspecified atom stereocenters. The highest BCUT2D eigenvalue weighted by Crippen LogP contribution is 2.24. The van der Waals surface area contributed by atoms with E-state index < -0.39 is 0 Å². The van der Waals surface area contributed by atoms with E-state index in [2.05, 4.69) is 0 Å². The van der Waals surface area contributed by atoms with Crippen LogP contribution in [-0.4, -0.2) is 67.7 Å². The Kier molecular flexibility index (Phi) is 6.24. The number of piperidine rings is 2. The van der Waals surface area contributed by atoms with Crippen molar-refractivity contribution >= 4 is 18.0 Å². The summed E-state index contributed by atoms with van der Waals surface area (Å²) >= 11 is 0. The van der Waals surface area contributed by atoms with Crippen LogP contribution in [0.15, 0.2) is 0 Å². The molecular formula is C16H26N2O5. The number of hydrogen-bond acceptors (Lipinski definition) is 5. The molecule has 130 valence electrons. The fourth-order valence-corrected chi connectivity index (χ4v) is 3.33. The lowest BCUT2D eigenvalue weighted by molar-refractivity contribution is -0.152. The van der Waals surface area contributed by atoms with Gasteiger partial charge < -0.3 is 19.3 Å². The molecule has 0 N–H and O–H groups in total. The number of amides is 2. The number of likely N-dealkylation sites (tertiary alicyclic amines) is 2. The van der Waals surface area contributed by atoms with E-state index in [4.69, 9.17) is 9.47 Å². The number of carbonyl (C=O) groups excluding carboxylic acids is 3. The Morgan fingerprint density at radius 3 is 2.30 bits per heavy atom. The van der Waals surface area contributed by atoms with Gasteiger partial charge >= 0.3 is 12.1 Å². The molecule has 2 aliphatic heterocycles. The van der Waals surface area contributed by atoms with Crippen molar-refractivity contribution in [3.05, 3.63) is 0 Å². The van der Waals surface area contributed by atoms with Crippen molar-refractivity contribution in [2.45, 2.75) is 32.6 Å². The van der Waals surface area contributed by atoms with Gasteiger partial charge in [0.05, 0.1) is 19.6 Å². The number of hydrogen-bond donors (Lipinski definition) is 0. The number of rotatable bonds is 3. The number of nitrogens with zero attached hydrogens (tertiary/aromatic N) is 2. The van der Waals surface area contributed by atoms with Crippen LogP contribution in [0.1, 0.15) is 32.6 Å². The average molecular weight is 326 g/mol. The van der Waals surface area contributed by atoms with Crippen LogP contribution < -0.4 is 0 Å². The first-order valence-electron chi connectivity index (χ1n) is 8.35. The highest BCUT2D eigenvalue weighted by molar-refractivity contribution is 5.81. The van der Waals surface area contributed by atoms with Crippen molar-refractivity contribution in [2.75, 3.05) is 39.9 Å². The molecule has 0 radical (unpaired) electrons. The topological polar surface area (TPSA) is 76.2 Å². The third kappa shape index (κ3) is 4.36. The lowest BCUT2D eigenvalue weighted by Crippen LogP contribution is -2.48. The molecule has 0 aromatic rings. The minimum atomic E-state index is -0.337. The Balaban J connectivity index is 1.86. The number of ether oxygens (including phenoxy) is 2. The second-order valence-corrected chi connectivity index (χ2v) is 6.11. The van der Waals surface area contributed by atoms with E-state index in [1.54, 1.807) is 16.7 Å². The van der Waals surface area contributed by atoms with Crippen LogP contribution in [0.3, 0.4) is 0 Å². The zero-order valence-electron chi connectivity index (χ0n) is 14.0. The quantitative estimate of drug-likeness (QED) is 0.730. The largest absolute Gasteiger partial charge is 0.466 e.